The van der Waals surface area contributed by atoms with Gasteiger partial charge in [0, 0.05) is 11.1 Å². The minimum absolute atomic E-state index is 0.644. The first-order valence-corrected chi connectivity index (χ1v) is 8.25. The van der Waals surface area contributed by atoms with Crippen molar-refractivity contribution in [3.05, 3.63) is 96.4 Å². The second-order valence-corrected chi connectivity index (χ2v) is 5.63. The predicted molar refractivity (Wildman–Crippen MR) is 103 cm³/mol. The largest absolute Gasteiger partial charge is 0.455 e. The van der Waals surface area contributed by atoms with Crippen LogP contribution in [0.15, 0.2) is 104 Å². The highest BCUT2D eigenvalue weighted by atomic mass is 16.3. The quantitative estimate of drug-likeness (QED) is 0.348. The molecule has 2 aromatic heterocycles. The van der Waals surface area contributed by atoms with Crippen molar-refractivity contribution in [2.75, 3.05) is 0 Å². The Kier molecular flexibility index (Phi) is 4.56. The third-order valence-electron chi connectivity index (χ3n) is 3.81. The van der Waals surface area contributed by atoms with Crippen molar-refractivity contribution in [2.24, 2.45) is 10.2 Å². The molecule has 0 aliphatic heterocycles. The first-order valence-electron chi connectivity index (χ1n) is 8.25. The average Bonchev–Trinajstić information content (AvgIpc) is 3.37. The predicted octanol–water partition coefficient (Wildman–Crippen LogP) is 5.66. The molecule has 0 N–H and O–H groups in total. The number of furan rings is 2. The van der Waals surface area contributed by atoms with Crippen LogP contribution in [-0.4, -0.2) is 12.4 Å². The van der Waals surface area contributed by atoms with Crippen LogP contribution < -0.4 is 0 Å². The summed E-state index contributed by atoms with van der Waals surface area (Å²) in [4.78, 5) is 0. The summed E-state index contributed by atoms with van der Waals surface area (Å²) in [5.41, 5.74) is 2.05. The molecule has 0 spiro atoms. The van der Waals surface area contributed by atoms with Crippen LogP contribution in [0.1, 0.15) is 11.5 Å². The molecular weight excluding hydrogens is 324 g/mol. The van der Waals surface area contributed by atoms with Crippen molar-refractivity contribution in [1.82, 2.24) is 0 Å². The van der Waals surface area contributed by atoms with Crippen LogP contribution in [0, 0.1) is 0 Å². The molecule has 0 saturated heterocycles. The van der Waals surface area contributed by atoms with E-state index < -0.39 is 0 Å². The summed E-state index contributed by atoms with van der Waals surface area (Å²) >= 11 is 0. The van der Waals surface area contributed by atoms with Gasteiger partial charge in [-0.2, -0.15) is 10.2 Å². The molecule has 2 aromatic carbocycles. The summed E-state index contributed by atoms with van der Waals surface area (Å²) in [6.45, 7) is 0. The summed E-state index contributed by atoms with van der Waals surface area (Å²) in [5.74, 6) is 2.89. The highest BCUT2D eigenvalue weighted by Crippen LogP contribution is 2.22. The zero-order valence-electron chi connectivity index (χ0n) is 13.9. The maximum atomic E-state index is 5.74. The smallest absolute Gasteiger partial charge is 0.147 e. The van der Waals surface area contributed by atoms with Crippen LogP contribution in [0.25, 0.3) is 22.6 Å². The van der Waals surface area contributed by atoms with E-state index in [2.05, 4.69) is 10.2 Å². The van der Waals surface area contributed by atoms with E-state index >= 15 is 0 Å². The molecule has 0 atom stereocenters. The normalized spacial score (nSPS) is 11.5. The maximum Gasteiger partial charge on any atom is 0.147 e. The Morgan fingerprint density at radius 3 is 1.35 bits per heavy atom. The third-order valence-corrected chi connectivity index (χ3v) is 3.81. The van der Waals surface area contributed by atoms with Crippen molar-refractivity contribution in [3.8, 4) is 22.6 Å². The van der Waals surface area contributed by atoms with E-state index in [0.29, 0.717) is 11.5 Å². The summed E-state index contributed by atoms with van der Waals surface area (Å²) in [6, 6.07) is 27.4. The summed E-state index contributed by atoms with van der Waals surface area (Å²) in [6.07, 6.45) is 3.15. The van der Waals surface area contributed by atoms with E-state index in [0.717, 1.165) is 22.6 Å². The molecule has 126 valence electrons. The molecule has 4 aromatic rings. The number of hydrogen-bond donors (Lipinski definition) is 0. The molecule has 0 aliphatic carbocycles. The molecule has 0 radical (unpaired) electrons. The van der Waals surface area contributed by atoms with Gasteiger partial charge in [-0.25, -0.2) is 0 Å². The van der Waals surface area contributed by atoms with E-state index in [-0.39, 0.29) is 0 Å². The number of rotatable bonds is 5. The summed E-state index contributed by atoms with van der Waals surface area (Å²) < 4.78 is 11.5. The van der Waals surface area contributed by atoms with Crippen LogP contribution in [0.3, 0.4) is 0 Å². The van der Waals surface area contributed by atoms with Gasteiger partial charge >= 0.3 is 0 Å². The minimum Gasteiger partial charge on any atom is -0.455 e. The fourth-order valence-electron chi connectivity index (χ4n) is 2.54. The van der Waals surface area contributed by atoms with E-state index in [4.69, 9.17) is 8.83 Å². The fourth-order valence-corrected chi connectivity index (χ4v) is 2.54. The Morgan fingerprint density at radius 2 is 0.923 bits per heavy atom. The van der Waals surface area contributed by atoms with Gasteiger partial charge in [0.25, 0.3) is 0 Å². The molecule has 4 rings (SSSR count). The van der Waals surface area contributed by atoms with Gasteiger partial charge < -0.3 is 8.83 Å². The lowest BCUT2D eigenvalue weighted by molar-refractivity contribution is 0.573. The standard InChI is InChI=1S/C22H16N2O2/c1-3-7-17(8-4-1)21-13-11-19(25-21)15-23-24-16-20-12-14-22(26-20)18-9-5-2-6-10-18/h1-16H/b23-15-,24-16-. The lowest BCUT2D eigenvalue weighted by Crippen LogP contribution is -1.76. The van der Waals surface area contributed by atoms with Gasteiger partial charge in [0.2, 0.25) is 0 Å². The molecule has 4 nitrogen and oxygen atoms in total. The van der Waals surface area contributed by atoms with Crippen molar-refractivity contribution in [3.63, 3.8) is 0 Å². The highest BCUT2D eigenvalue weighted by molar-refractivity contribution is 5.80. The Balaban J connectivity index is 1.41. The Labute approximate surface area is 151 Å². The van der Waals surface area contributed by atoms with Crippen molar-refractivity contribution in [1.29, 1.82) is 0 Å². The van der Waals surface area contributed by atoms with Gasteiger partial charge in [0.1, 0.15) is 23.0 Å². The monoisotopic (exact) mass is 340 g/mol. The average molecular weight is 340 g/mol. The van der Waals surface area contributed by atoms with Crippen molar-refractivity contribution >= 4 is 12.4 Å². The minimum atomic E-state index is 0.644. The van der Waals surface area contributed by atoms with Crippen LogP contribution in [-0.2, 0) is 0 Å². The maximum absolute atomic E-state index is 5.74. The lowest BCUT2D eigenvalue weighted by Gasteiger charge is -1.94. The molecule has 0 bridgehead atoms. The third kappa shape index (κ3) is 3.70. The summed E-state index contributed by atoms with van der Waals surface area (Å²) in [7, 11) is 0. The van der Waals surface area contributed by atoms with Gasteiger partial charge in [0.05, 0.1) is 12.4 Å². The van der Waals surface area contributed by atoms with Crippen molar-refractivity contribution < 1.29 is 8.83 Å². The van der Waals surface area contributed by atoms with Gasteiger partial charge in [-0.05, 0) is 24.3 Å². The second-order valence-electron chi connectivity index (χ2n) is 5.63. The molecular formula is C22H16N2O2. The zero-order chi connectivity index (χ0) is 17.6. The Hall–Kier alpha value is -3.66. The molecule has 0 amide bonds. The molecule has 2 heterocycles. The summed E-state index contributed by atoms with van der Waals surface area (Å²) in [5, 5.41) is 8.03. The molecule has 0 fully saturated rings. The first kappa shape index (κ1) is 15.8. The van der Waals surface area contributed by atoms with Crippen LogP contribution in [0.5, 0.6) is 0 Å². The van der Waals surface area contributed by atoms with Crippen molar-refractivity contribution in [2.45, 2.75) is 0 Å². The second kappa shape index (κ2) is 7.49. The van der Waals surface area contributed by atoms with Gasteiger partial charge in [-0.15, -0.1) is 0 Å². The number of nitrogens with zero attached hydrogens (tertiary/aromatic N) is 2. The van der Waals surface area contributed by atoms with Gasteiger partial charge in [-0.1, -0.05) is 60.7 Å². The molecule has 0 saturated carbocycles. The van der Waals surface area contributed by atoms with Crippen LogP contribution in [0.2, 0.25) is 0 Å². The molecule has 0 aliphatic rings. The molecule has 0 unspecified atom stereocenters. The first-order chi connectivity index (χ1) is 12.9. The van der Waals surface area contributed by atoms with Gasteiger partial charge in [-0.3, -0.25) is 0 Å². The Morgan fingerprint density at radius 1 is 0.500 bits per heavy atom. The SMILES string of the molecule is C(=N/N=C\c1ccc(-c2ccccc2)o1)/c1ccc(-c2ccccc2)o1. The number of benzene rings is 2. The van der Waals surface area contributed by atoms with E-state index in [1.807, 2.05) is 84.9 Å². The van der Waals surface area contributed by atoms with Gasteiger partial charge in [0.15, 0.2) is 0 Å². The molecule has 4 heteroatoms. The fraction of sp³-hybridized carbons (Fsp3) is 0. The van der Waals surface area contributed by atoms with E-state index in [9.17, 15) is 0 Å². The Bertz CT molecular complexity index is 942. The zero-order valence-corrected chi connectivity index (χ0v) is 13.9. The molecule has 26 heavy (non-hydrogen) atoms. The highest BCUT2D eigenvalue weighted by Gasteiger charge is 2.03. The van der Waals surface area contributed by atoms with Crippen LogP contribution >= 0.6 is 0 Å². The topological polar surface area (TPSA) is 51.0 Å². The van der Waals surface area contributed by atoms with E-state index in [1.165, 1.54) is 0 Å². The van der Waals surface area contributed by atoms with E-state index in [1.54, 1.807) is 12.4 Å². The lowest BCUT2D eigenvalue weighted by atomic mass is 10.2. The number of hydrogen-bond acceptors (Lipinski definition) is 4. The van der Waals surface area contributed by atoms with Crippen LogP contribution in [0.4, 0.5) is 0 Å².